The maximum atomic E-state index is 5.61. The van der Waals surface area contributed by atoms with Crippen molar-refractivity contribution in [2.24, 2.45) is 5.92 Å². The van der Waals surface area contributed by atoms with E-state index in [1.165, 1.54) is 22.2 Å². The summed E-state index contributed by atoms with van der Waals surface area (Å²) in [5.41, 5.74) is 0. The molecule has 0 saturated heterocycles. The molecular formula is C13H20BrNOS. The smallest absolute Gasteiger partial charge is 0.0494 e. The fourth-order valence-electron chi connectivity index (χ4n) is 1.73. The van der Waals surface area contributed by atoms with Gasteiger partial charge in [-0.25, -0.2) is 0 Å². The molecule has 17 heavy (non-hydrogen) atoms. The number of ether oxygens (including phenoxy) is 1. The number of rotatable bonds is 8. The maximum absolute atomic E-state index is 5.61. The van der Waals surface area contributed by atoms with Crippen LogP contribution in [-0.4, -0.2) is 19.8 Å². The Labute approximate surface area is 116 Å². The third-order valence-electron chi connectivity index (χ3n) is 3.00. The van der Waals surface area contributed by atoms with Gasteiger partial charge in [0.1, 0.15) is 0 Å². The topological polar surface area (TPSA) is 21.3 Å². The van der Waals surface area contributed by atoms with Gasteiger partial charge in [-0.1, -0.05) is 0 Å². The van der Waals surface area contributed by atoms with Crippen molar-refractivity contribution in [1.82, 2.24) is 5.32 Å². The highest BCUT2D eigenvalue weighted by molar-refractivity contribution is 9.10. The quantitative estimate of drug-likeness (QED) is 0.732. The van der Waals surface area contributed by atoms with Gasteiger partial charge in [-0.2, -0.15) is 0 Å². The zero-order chi connectivity index (χ0) is 12.1. The van der Waals surface area contributed by atoms with Crippen LogP contribution in [0.4, 0.5) is 0 Å². The Hall–Kier alpha value is 0.100. The first-order valence-electron chi connectivity index (χ1n) is 6.31. The van der Waals surface area contributed by atoms with Crippen molar-refractivity contribution in [3.05, 3.63) is 20.8 Å². The molecule has 1 heterocycles. The number of hydrogen-bond acceptors (Lipinski definition) is 3. The average Bonchev–Trinajstić information content (AvgIpc) is 3.04. The fourth-order valence-corrected chi connectivity index (χ4v) is 3.48. The molecular weight excluding hydrogens is 298 g/mol. The zero-order valence-electron chi connectivity index (χ0n) is 10.2. The van der Waals surface area contributed by atoms with Crippen molar-refractivity contribution in [1.29, 1.82) is 0 Å². The molecule has 1 saturated carbocycles. The minimum Gasteiger partial charge on any atom is -0.381 e. The predicted octanol–water partition coefficient (Wildman–Crippen LogP) is 3.98. The Morgan fingerprint density at radius 1 is 1.59 bits per heavy atom. The third kappa shape index (κ3) is 4.70. The molecule has 2 rings (SSSR count). The highest BCUT2D eigenvalue weighted by Crippen LogP contribution is 2.29. The van der Waals surface area contributed by atoms with Gasteiger partial charge < -0.3 is 10.1 Å². The monoisotopic (exact) mass is 317 g/mol. The normalized spacial score (nSPS) is 17.3. The second-order valence-electron chi connectivity index (χ2n) is 4.68. The van der Waals surface area contributed by atoms with Crippen molar-refractivity contribution < 1.29 is 4.74 Å². The van der Waals surface area contributed by atoms with Gasteiger partial charge in [0.25, 0.3) is 0 Å². The minimum absolute atomic E-state index is 0.424. The predicted molar refractivity (Wildman–Crippen MR) is 76.6 cm³/mol. The molecule has 0 radical (unpaired) electrons. The lowest BCUT2D eigenvalue weighted by molar-refractivity contribution is 0.121. The molecule has 1 fully saturated rings. The summed E-state index contributed by atoms with van der Waals surface area (Å²) in [6, 6.07) is 2.53. The first-order chi connectivity index (χ1) is 8.27. The molecule has 1 N–H and O–H groups in total. The van der Waals surface area contributed by atoms with E-state index in [1.807, 2.05) is 0 Å². The van der Waals surface area contributed by atoms with E-state index in [4.69, 9.17) is 4.74 Å². The second kappa shape index (κ2) is 6.88. The largest absolute Gasteiger partial charge is 0.381 e. The molecule has 1 unspecified atom stereocenters. The molecule has 1 aromatic heterocycles. The van der Waals surface area contributed by atoms with Crippen molar-refractivity contribution >= 4 is 27.3 Å². The molecule has 0 amide bonds. The standard InChI is InChI=1S/C13H20BrNOS/c1-10(13-12(14)5-8-17-13)15-6-2-7-16-9-11-3-4-11/h5,8,10-11,15H,2-4,6-7,9H2,1H3. The van der Waals surface area contributed by atoms with Gasteiger partial charge >= 0.3 is 0 Å². The van der Waals surface area contributed by atoms with Gasteiger partial charge in [0, 0.05) is 28.6 Å². The first kappa shape index (κ1) is 13.5. The van der Waals surface area contributed by atoms with Crippen LogP contribution in [0.15, 0.2) is 15.9 Å². The van der Waals surface area contributed by atoms with E-state index in [0.717, 1.165) is 32.1 Å². The highest BCUT2D eigenvalue weighted by Gasteiger charge is 2.20. The summed E-state index contributed by atoms with van der Waals surface area (Å²) >= 11 is 5.37. The van der Waals surface area contributed by atoms with Gasteiger partial charge in [-0.15, -0.1) is 11.3 Å². The van der Waals surface area contributed by atoms with E-state index in [9.17, 15) is 0 Å². The average molecular weight is 318 g/mol. The molecule has 4 heteroatoms. The highest BCUT2D eigenvalue weighted by atomic mass is 79.9. The maximum Gasteiger partial charge on any atom is 0.0494 e. The summed E-state index contributed by atoms with van der Waals surface area (Å²) in [7, 11) is 0. The van der Waals surface area contributed by atoms with Crippen molar-refractivity contribution in [2.45, 2.75) is 32.2 Å². The summed E-state index contributed by atoms with van der Waals surface area (Å²) in [5, 5.41) is 5.65. The summed E-state index contributed by atoms with van der Waals surface area (Å²) in [6.07, 6.45) is 3.85. The Morgan fingerprint density at radius 3 is 3.06 bits per heavy atom. The van der Waals surface area contributed by atoms with E-state index < -0.39 is 0 Å². The number of thiophene rings is 1. The van der Waals surface area contributed by atoms with Crippen LogP contribution >= 0.6 is 27.3 Å². The molecule has 0 aromatic carbocycles. The first-order valence-corrected chi connectivity index (χ1v) is 7.98. The van der Waals surface area contributed by atoms with Crippen molar-refractivity contribution in [3.8, 4) is 0 Å². The van der Waals surface area contributed by atoms with Gasteiger partial charge in [0.2, 0.25) is 0 Å². The van der Waals surface area contributed by atoms with E-state index in [0.29, 0.717) is 6.04 Å². The number of halogens is 1. The van der Waals surface area contributed by atoms with Crippen LogP contribution in [0.1, 0.15) is 37.1 Å². The number of nitrogens with one attached hydrogen (secondary N) is 1. The zero-order valence-corrected chi connectivity index (χ0v) is 12.6. The molecule has 0 bridgehead atoms. The SMILES string of the molecule is CC(NCCCOCC1CC1)c1sccc1Br. The van der Waals surface area contributed by atoms with Crippen LogP contribution < -0.4 is 5.32 Å². The lowest BCUT2D eigenvalue weighted by Gasteiger charge is -2.12. The van der Waals surface area contributed by atoms with Crippen molar-refractivity contribution in [2.75, 3.05) is 19.8 Å². The van der Waals surface area contributed by atoms with Crippen LogP contribution in [0.25, 0.3) is 0 Å². The second-order valence-corrected chi connectivity index (χ2v) is 6.48. The van der Waals surface area contributed by atoms with E-state index in [-0.39, 0.29) is 0 Å². The molecule has 0 aliphatic heterocycles. The molecule has 1 atom stereocenters. The lowest BCUT2D eigenvalue weighted by Crippen LogP contribution is -2.20. The Kier molecular flexibility index (Phi) is 5.48. The molecule has 2 nitrogen and oxygen atoms in total. The third-order valence-corrected chi connectivity index (χ3v) is 5.06. The summed E-state index contributed by atoms with van der Waals surface area (Å²) in [5.74, 6) is 0.879. The molecule has 1 aliphatic carbocycles. The van der Waals surface area contributed by atoms with Gasteiger partial charge in [-0.3, -0.25) is 0 Å². The van der Waals surface area contributed by atoms with Gasteiger partial charge in [0.05, 0.1) is 0 Å². The minimum atomic E-state index is 0.424. The van der Waals surface area contributed by atoms with Gasteiger partial charge in [0.15, 0.2) is 0 Å². The fraction of sp³-hybridized carbons (Fsp3) is 0.692. The van der Waals surface area contributed by atoms with Crippen LogP contribution in [0, 0.1) is 5.92 Å². The summed E-state index contributed by atoms with van der Waals surface area (Å²) in [6.45, 7) is 5.10. The Balaban J connectivity index is 1.53. The van der Waals surface area contributed by atoms with Crippen molar-refractivity contribution in [3.63, 3.8) is 0 Å². The lowest BCUT2D eigenvalue weighted by atomic mass is 10.2. The molecule has 96 valence electrons. The summed E-state index contributed by atoms with van der Waals surface area (Å²) in [4.78, 5) is 1.38. The number of hydrogen-bond donors (Lipinski definition) is 1. The Morgan fingerprint density at radius 2 is 2.41 bits per heavy atom. The van der Waals surface area contributed by atoms with E-state index in [2.05, 4.69) is 39.6 Å². The molecule has 1 aromatic rings. The van der Waals surface area contributed by atoms with Crippen LogP contribution in [0.5, 0.6) is 0 Å². The molecule has 1 aliphatic rings. The van der Waals surface area contributed by atoms with Crippen LogP contribution in [0.2, 0.25) is 0 Å². The van der Waals surface area contributed by atoms with E-state index >= 15 is 0 Å². The molecule has 0 spiro atoms. The van der Waals surface area contributed by atoms with Gasteiger partial charge in [-0.05, 0) is 66.0 Å². The van der Waals surface area contributed by atoms with Crippen LogP contribution in [0.3, 0.4) is 0 Å². The van der Waals surface area contributed by atoms with Crippen LogP contribution in [-0.2, 0) is 4.74 Å². The Bertz CT molecular complexity index is 338. The van der Waals surface area contributed by atoms with E-state index in [1.54, 1.807) is 11.3 Å². The summed E-state index contributed by atoms with van der Waals surface area (Å²) < 4.78 is 6.82.